The summed E-state index contributed by atoms with van der Waals surface area (Å²) in [6, 6.07) is 5.51. The van der Waals surface area contributed by atoms with Gasteiger partial charge in [0, 0.05) is 16.0 Å². The van der Waals surface area contributed by atoms with Crippen LogP contribution in [0.5, 0.6) is 5.75 Å². The zero-order valence-corrected chi connectivity index (χ0v) is 12.6. The predicted molar refractivity (Wildman–Crippen MR) is 75.4 cm³/mol. The molecule has 0 bridgehead atoms. The number of aromatic nitrogens is 2. The van der Waals surface area contributed by atoms with Gasteiger partial charge in [0.1, 0.15) is 5.75 Å². The molecule has 106 valence electrons. The average molecular weight is 339 g/mol. The molecule has 3 rings (SSSR count). The van der Waals surface area contributed by atoms with E-state index in [0.29, 0.717) is 17.6 Å². The Morgan fingerprint density at radius 3 is 3.00 bits per heavy atom. The van der Waals surface area contributed by atoms with E-state index in [0.717, 1.165) is 28.7 Å². The Hall–Kier alpha value is -1.40. The molecule has 1 N–H and O–H groups in total. The number of aliphatic hydroxyl groups is 1. The Labute approximate surface area is 125 Å². The normalized spacial score (nSPS) is 16.1. The molecule has 0 saturated heterocycles. The smallest absolute Gasteiger partial charge is 0.264 e. The highest BCUT2D eigenvalue weighted by molar-refractivity contribution is 9.10. The van der Waals surface area contributed by atoms with Crippen LogP contribution in [0.2, 0.25) is 0 Å². The summed E-state index contributed by atoms with van der Waals surface area (Å²) in [4.78, 5) is 4.31. The van der Waals surface area contributed by atoms with Crippen LogP contribution >= 0.6 is 15.9 Å². The number of nitrogens with zero attached hydrogens (tertiary/aromatic N) is 2. The Balaban J connectivity index is 1.71. The van der Waals surface area contributed by atoms with Crippen molar-refractivity contribution in [2.75, 3.05) is 0 Å². The van der Waals surface area contributed by atoms with Crippen LogP contribution in [0, 0.1) is 0 Å². The summed E-state index contributed by atoms with van der Waals surface area (Å²) in [5.74, 6) is 2.31. The molecule has 1 aromatic heterocycles. The minimum absolute atomic E-state index is 0.204. The summed E-state index contributed by atoms with van der Waals surface area (Å²) < 4.78 is 11.7. The second-order valence-corrected chi connectivity index (χ2v) is 5.88. The van der Waals surface area contributed by atoms with E-state index >= 15 is 0 Å². The molecule has 0 radical (unpaired) electrons. The lowest BCUT2D eigenvalue weighted by atomic mass is 10.1. The van der Waals surface area contributed by atoms with Crippen LogP contribution in [0.1, 0.15) is 49.1 Å². The molecule has 0 amide bonds. The average Bonchev–Trinajstić information content (AvgIpc) is 3.15. The molecule has 2 aromatic rings. The van der Waals surface area contributed by atoms with Crippen LogP contribution in [-0.2, 0) is 6.61 Å². The predicted octanol–water partition coefficient (Wildman–Crippen LogP) is 3.34. The molecule has 1 heterocycles. The van der Waals surface area contributed by atoms with Crippen LogP contribution in [0.25, 0.3) is 0 Å². The van der Waals surface area contributed by atoms with Gasteiger partial charge in [0.2, 0.25) is 0 Å². The van der Waals surface area contributed by atoms with E-state index < -0.39 is 6.10 Å². The largest absolute Gasteiger partial charge is 0.483 e. The molecule has 1 aliphatic rings. The number of benzene rings is 1. The van der Waals surface area contributed by atoms with E-state index in [2.05, 4.69) is 26.1 Å². The van der Waals surface area contributed by atoms with Crippen LogP contribution in [0.15, 0.2) is 27.2 Å². The minimum Gasteiger partial charge on any atom is -0.483 e. The van der Waals surface area contributed by atoms with Crippen molar-refractivity contribution < 1.29 is 14.4 Å². The van der Waals surface area contributed by atoms with E-state index in [-0.39, 0.29) is 6.61 Å². The van der Waals surface area contributed by atoms with Gasteiger partial charge in [0.15, 0.2) is 12.4 Å². The Kier molecular flexibility index (Phi) is 3.76. The number of rotatable bonds is 5. The molecule has 1 saturated carbocycles. The highest BCUT2D eigenvalue weighted by atomic mass is 79.9. The summed E-state index contributed by atoms with van der Waals surface area (Å²) in [6.07, 6.45) is 1.68. The SMILES string of the molecule is C[C@H](O)c1ccc(Br)cc1OCc1nc(C2CC2)no1. The van der Waals surface area contributed by atoms with Gasteiger partial charge in [-0.25, -0.2) is 0 Å². The maximum absolute atomic E-state index is 9.73. The second kappa shape index (κ2) is 5.54. The van der Waals surface area contributed by atoms with Crippen molar-refractivity contribution >= 4 is 15.9 Å². The monoisotopic (exact) mass is 338 g/mol. The van der Waals surface area contributed by atoms with Gasteiger partial charge in [-0.15, -0.1) is 0 Å². The van der Waals surface area contributed by atoms with Crippen LogP contribution in [0.4, 0.5) is 0 Å². The third-order valence-corrected chi connectivity index (χ3v) is 3.70. The third-order valence-electron chi connectivity index (χ3n) is 3.20. The van der Waals surface area contributed by atoms with Gasteiger partial charge < -0.3 is 14.4 Å². The van der Waals surface area contributed by atoms with E-state index in [1.165, 1.54) is 0 Å². The number of hydrogen-bond acceptors (Lipinski definition) is 5. The number of hydrogen-bond donors (Lipinski definition) is 1. The quantitative estimate of drug-likeness (QED) is 0.905. The minimum atomic E-state index is -0.595. The number of ether oxygens (including phenoxy) is 1. The Bertz CT molecular complexity index is 608. The lowest BCUT2D eigenvalue weighted by Crippen LogP contribution is -2.01. The highest BCUT2D eigenvalue weighted by Crippen LogP contribution is 2.38. The molecule has 1 aliphatic carbocycles. The molecule has 5 nitrogen and oxygen atoms in total. The lowest BCUT2D eigenvalue weighted by molar-refractivity contribution is 0.185. The maximum Gasteiger partial charge on any atom is 0.264 e. The van der Waals surface area contributed by atoms with Gasteiger partial charge >= 0.3 is 0 Å². The molecule has 0 unspecified atom stereocenters. The molecule has 1 aromatic carbocycles. The molecule has 20 heavy (non-hydrogen) atoms. The fourth-order valence-corrected chi connectivity index (χ4v) is 2.29. The van der Waals surface area contributed by atoms with Gasteiger partial charge in [-0.1, -0.05) is 27.2 Å². The first-order valence-corrected chi connectivity index (χ1v) is 7.35. The van der Waals surface area contributed by atoms with E-state index in [9.17, 15) is 5.11 Å². The first kappa shape index (κ1) is 13.6. The molecule has 1 atom stereocenters. The van der Waals surface area contributed by atoms with Crippen molar-refractivity contribution in [2.24, 2.45) is 0 Å². The summed E-state index contributed by atoms with van der Waals surface area (Å²) in [6.45, 7) is 1.91. The summed E-state index contributed by atoms with van der Waals surface area (Å²) in [5.41, 5.74) is 0.732. The van der Waals surface area contributed by atoms with Crippen molar-refractivity contribution in [2.45, 2.75) is 38.4 Å². The van der Waals surface area contributed by atoms with Crippen LogP contribution in [-0.4, -0.2) is 15.2 Å². The van der Waals surface area contributed by atoms with Gasteiger partial charge in [-0.05, 0) is 31.9 Å². The summed E-state index contributed by atoms with van der Waals surface area (Å²) in [5, 5.41) is 13.7. The molecule has 6 heteroatoms. The first-order valence-electron chi connectivity index (χ1n) is 6.56. The molecular weight excluding hydrogens is 324 g/mol. The first-order chi connectivity index (χ1) is 9.63. The van der Waals surface area contributed by atoms with Gasteiger partial charge in [0.05, 0.1) is 6.10 Å². The van der Waals surface area contributed by atoms with Gasteiger partial charge in [-0.3, -0.25) is 0 Å². The van der Waals surface area contributed by atoms with Crippen molar-refractivity contribution in [3.05, 3.63) is 40.0 Å². The zero-order valence-electron chi connectivity index (χ0n) is 11.0. The Morgan fingerprint density at radius 2 is 2.30 bits per heavy atom. The van der Waals surface area contributed by atoms with Crippen molar-refractivity contribution in [1.29, 1.82) is 0 Å². The fourth-order valence-electron chi connectivity index (χ4n) is 1.95. The van der Waals surface area contributed by atoms with E-state index in [1.54, 1.807) is 6.92 Å². The Morgan fingerprint density at radius 1 is 1.50 bits per heavy atom. The van der Waals surface area contributed by atoms with Crippen molar-refractivity contribution in [1.82, 2.24) is 10.1 Å². The molecule has 1 fully saturated rings. The summed E-state index contributed by atoms with van der Waals surface area (Å²) in [7, 11) is 0. The topological polar surface area (TPSA) is 68.4 Å². The highest BCUT2D eigenvalue weighted by Gasteiger charge is 2.28. The number of halogens is 1. The van der Waals surface area contributed by atoms with Gasteiger partial charge in [-0.2, -0.15) is 4.98 Å². The standard InChI is InChI=1S/C14H15BrN2O3/c1-8(18)11-5-4-10(15)6-12(11)19-7-13-16-14(17-20-13)9-2-3-9/h4-6,8-9,18H,2-3,7H2,1H3/t8-/m0/s1. The van der Waals surface area contributed by atoms with Crippen molar-refractivity contribution in [3.8, 4) is 5.75 Å². The fraction of sp³-hybridized carbons (Fsp3) is 0.429. The number of aliphatic hydroxyl groups excluding tert-OH is 1. The van der Waals surface area contributed by atoms with Gasteiger partial charge in [0.25, 0.3) is 5.89 Å². The molecule has 0 aliphatic heterocycles. The zero-order chi connectivity index (χ0) is 14.1. The van der Waals surface area contributed by atoms with Crippen molar-refractivity contribution in [3.63, 3.8) is 0 Å². The van der Waals surface area contributed by atoms with Crippen LogP contribution < -0.4 is 4.74 Å². The van der Waals surface area contributed by atoms with E-state index in [1.807, 2.05) is 18.2 Å². The van der Waals surface area contributed by atoms with Crippen LogP contribution in [0.3, 0.4) is 0 Å². The molecular formula is C14H15BrN2O3. The second-order valence-electron chi connectivity index (χ2n) is 4.97. The molecule has 0 spiro atoms. The third kappa shape index (κ3) is 3.02. The maximum atomic E-state index is 9.73. The lowest BCUT2D eigenvalue weighted by Gasteiger charge is -2.12. The summed E-state index contributed by atoms with van der Waals surface area (Å²) >= 11 is 3.39. The van der Waals surface area contributed by atoms with E-state index in [4.69, 9.17) is 9.26 Å².